The van der Waals surface area contributed by atoms with Crippen molar-refractivity contribution in [3.05, 3.63) is 78.2 Å². The van der Waals surface area contributed by atoms with E-state index in [1.165, 1.54) is 12.1 Å². The number of hydrogen-bond donors (Lipinski definition) is 1. The van der Waals surface area contributed by atoms with Crippen LogP contribution in [0.15, 0.2) is 66.9 Å². The molecule has 3 nitrogen and oxygen atoms in total. The van der Waals surface area contributed by atoms with Crippen LogP contribution in [0.25, 0.3) is 33.4 Å². The van der Waals surface area contributed by atoms with E-state index in [1.54, 1.807) is 24.3 Å². The molecule has 0 aliphatic rings. The summed E-state index contributed by atoms with van der Waals surface area (Å²) in [5.41, 5.74) is 5.91. The summed E-state index contributed by atoms with van der Waals surface area (Å²) >= 11 is 0. The number of rotatable bonds is 2. The Bertz CT molecular complexity index is 1050. The molecule has 4 aromatic rings. The average Bonchev–Trinajstić information content (AvgIpc) is 3.09. The predicted octanol–water partition coefficient (Wildman–Crippen LogP) is 4.91. The number of nitrogens with zero attached hydrogens (tertiary/aromatic N) is 2. The molecule has 4 heteroatoms. The minimum atomic E-state index is -0.276. The summed E-state index contributed by atoms with van der Waals surface area (Å²) in [7, 11) is 0. The van der Waals surface area contributed by atoms with Crippen molar-refractivity contribution in [3.8, 4) is 28.5 Å². The molecule has 0 aliphatic carbocycles. The van der Waals surface area contributed by atoms with Crippen LogP contribution in [0.1, 0.15) is 5.56 Å². The lowest BCUT2D eigenvalue weighted by Crippen LogP contribution is -1.91. The van der Waals surface area contributed by atoms with Gasteiger partial charge in [-0.2, -0.15) is 5.26 Å². The van der Waals surface area contributed by atoms with E-state index in [-0.39, 0.29) is 5.82 Å². The third kappa shape index (κ3) is 2.42. The van der Waals surface area contributed by atoms with Crippen molar-refractivity contribution in [1.82, 2.24) is 9.97 Å². The number of hydrogen-bond acceptors (Lipinski definition) is 2. The summed E-state index contributed by atoms with van der Waals surface area (Å²) in [4.78, 5) is 7.90. The standard InChI is InChI=1S/C20H12FN3/c21-16-7-5-15(6-8-16)20-17(11-19-18(24-20)9-10-23-19)14-3-1-13(12-22)2-4-14/h1-11,23H. The van der Waals surface area contributed by atoms with Crippen molar-refractivity contribution in [2.75, 3.05) is 0 Å². The SMILES string of the molecule is N#Cc1ccc(-c2cc3[nH]ccc3nc2-c2ccc(F)cc2)cc1. The number of fused-ring (bicyclic) bond motifs is 1. The normalized spacial score (nSPS) is 10.7. The van der Waals surface area contributed by atoms with Gasteiger partial charge < -0.3 is 4.98 Å². The van der Waals surface area contributed by atoms with Crippen molar-refractivity contribution < 1.29 is 4.39 Å². The van der Waals surface area contributed by atoms with Gasteiger partial charge in [-0.1, -0.05) is 12.1 Å². The maximum atomic E-state index is 13.3. The topological polar surface area (TPSA) is 52.5 Å². The molecular weight excluding hydrogens is 301 g/mol. The van der Waals surface area contributed by atoms with E-state index < -0.39 is 0 Å². The molecular formula is C20H12FN3. The monoisotopic (exact) mass is 313 g/mol. The first kappa shape index (κ1) is 14.2. The van der Waals surface area contributed by atoms with Crippen LogP contribution in [-0.4, -0.2) is 9.97 Å². The molecule has 1 N–H and O–H groups in total. The third-order valence-electron chi connectivity index (χ3n) is 3.97. The zero-order valence-electron chi connectivity index (χ0n) is 12.6. The Hall–Kier alpha value is -3.45. The summed E-state index contributed by atoms with van der Waals surface area (Å²) in [5.74, 6) is -0.276. The molecule has 4 rings (SSSR count). The van der Waals surface area contributed by atoms with Crippen LogP contribution in [0.4, 0.5) is 4.39 Å². The Morgan fingerprint density at radius 1 is 0.917 bits per heavy atom. The van der Waals surface area contributed by atoms with Gasteiger partial charge in [0.15, 0.2) is 0 Å². The molecule has 0 radical (unpaired) electrons. The molecule has 0 amide bonds. The Morgan fingerprint density at radius 3 is 2.33 bits per heavy atom. The van der Waals surface area contributed by atoms with E-state index in [2.05, 4.69) is 11.1 Å². The predicted molar refractivity (Wildman–Crippen MR) is 91.6 cm³/mol. The fourth-order valence-electron chi connectivity index (χ4n) is 2.75. The zero-order valence-corrected chi connectivity index (χ0v) is 12.6. The Morgan fingerprint density at radius 2 is 1.62 bits per heavy atom. The zero-order chi connectivity index (χ0) is 16.5. The summed E-state index contributed by atoms with van der Waals surface area (Å²) in [6.07, 6.45) is 1.84. The van der Waals surface area contributed by atoms with Crippen LogP contribution >= 0.6 is 0 Å². The van der Waals surface area contributed by atoms with Crippen molar-refractivity contribution in [2.45, 2.75) is 0 Å². The lowest BCUT2D eigenvalue weighted by atomic mass is 9.98. The molecule has 0 unspecified atom stereocenters. The molecule has 0 atom stereocenters. The number of H-pyrrole nitrogens is 1. The lowest BCUT2D eigenvalue weighted by molar-refractivity contribution is 0.628. The number of nitriles is 1. The highest BCUT2D eigenvalue weighted by Gasteiger charge is 2.12. The van der Waals surface area contributed by atoms with Gasteiger partial charge >= 0.3 is 0 Å². The largest absolute Gasteiger partial charge is 0.360 e. The van der Waals surface area contributed by atoms with Gasteiger partial charge in [0.05, 0.1) is 28.4 Å². The van der Waals surface area contributed by atoms with Gasteiger partial charge in [-0.15, -0.1) is 0 Å². The second-order valence-electron chi connectivity index (χ2n) is 5.49. The molecule has 2 aromatic heterocycles. The van der Waals surface area contributed by atoms with Gasteiger partial charge in [-0.05, 0) is 54.1 Å². The van der Waals surface area contributed by atoms with Gasteiger partial charge in [0.2, 0.25) is 0 Å². The number of halogens is 1. The van der Waals surface area contributed by atoms with Gasteiger partial charge in [0.25, 0.3) is 0 Å². The van der Waals surface area contributed by atoms with Crippen LogP contribution in [0.5, 0.6) is 0 Å². The fourth-order valence-corrected chi connectivity index (χ4v) is 2.75. The van der Waals surface area contributed by atoms with Crippen molar-refractivity contribution in [2.24, 2.45) is 0 Å². The maximum absolute atomic E-state index is 13.3. The molecule has 0 bridgehead atoms. The molecule has 24 heavy (non-hydrogen) atoms. The summed E-state index contributed by atoms with van der Waals surface area (Å²) in [5, 5.41) is 8.97. The fraction of sp³-hybridized carbons (Fsp3) is 0. The molecule has 114 valence electrons. The summed E-state index contributed by atoms with van der Waals surface area (Å²) in [6.45, 7) is 0. The smallest absolute Gasteiger partial charge is 0.123 e. The minimum absolute atomic E-state index is 0.276. The van der Waals surface area contributed by atoms with Crippen molar-refractivity contribution in [3.63, 3.8) is 0 Å². The van der Waals surface area contributed by atoms with E-state index >= 15 is 0 Å². The first-order chi connectivity index (χ1) is 11.7. The minimum Gasteiger partial charge on any atom is -0.360 e. The van der Waals surface area contributed by atoms with Crippen molar-refractivity contribution >= 4 is 11.0 Å². The van der Waals surface area contributed by atoms with Crippen molar-refractivity contribution in [1.29, 1.82) is 5.26 Å². The highest BCUT2D eigenvalue weighted by atomic mass is 19.1. The van der Waals surface area contributed by atoms with Crippen LogP contribution in [0, 0.1) is 17.1 Å². The molecule has 0 saturated carbocycles. The first-order valence-electron chi connectivity index (χ1n) is 7.49. The highest BCUT2D eigenvalue weighted by molar-refractivity contribution is 5.90. The molecule has 0 spiro atoms. The van der Waals surface area contributed by atoms with E-state index in [4.69, 9.17) is 10.2 Å². The van der Waals surface area contributed by atoms with Gasteiger partial charge in [0.1, 0.15) is 5.82 Å². The van der Waals surface area contributed by atoms with E-state index in [0.717, 1.165) is 33.4 Å². The van der Waals surface area contributed by atoms with E-state index in [1.807, 2.05) is 30.5 Å². The van der Waals surface area contributed by atoms with Crippen LogP contribution in [-0.2, 0) is 0 Å². The Kier molecular flexibility index (Phi) is 3.33. The summed E-state index contributed by atoms with van der Waals surface area (Å²) < 4.78 is 13.3. The maximum Gasteiger partial charge on any atom is 0.123 e. The average molecular weight is 313 g/mol. The van der Waals surface area contributed by atoms with E-state index in [0.29, 0.717) is 5.56 Å². The van der Waals surface area contributed by atoms with Gasteiger partial charge in [-0.3, -0.25) is 0 Å². The Labute approximate surface area is 138 Å². The second kappa shape index (κ2) is 5.64. The number of aromatic nitrogens is 2. The summed E-state index contributed by atoms with van der Waals surface area (Å²) in [6, 6.07) is 19.7. The lowest BCUT2D eigenvalue weighted by Gasteiger charge is -2.10. The highest BCUT2D eigenvalue weighted by Crippen LogP contribution is 2.33. The number of nitrogens with one attached hydrogen (secondary N) is 1. The number of aromatic amines is 1. The molecule has 0 fully saturated rings. The molecule has 0 saturated heterocycles. The third-order valence-corrected chi connectivity index (χ3v) is 3.97. The second-order valence-corrected chi connectivity index (χ2v) is 5.49. The first-order valence-corrected chi connectivity index (χ1v) is 7.49. The Balaban J connectivity index is 1.96. The van der Waals surface area contributed by atoms with Crippen LogP contribution in [0.3, 0.4) is 0 Å². The van der Waals surface area contributed by atoms with Gasteiger partial charge in [0, 0.05) is 17.3 Å². The quantitative estimate of drug-likeness (QED) is 0.572. The van der Waals surface area contributed by atoms with Gasteiger partial charge in [-0.25, -0.2) is 9.37 Å². The molecule has 2 heterocycles. The molecule has 2 aromatic carbocycles. The van der Waals surface area contributed by atoms with Crippen LogP contribution < -0.4 is 0 Å². The number of benzene rings is 2. The van der Waals surface area contributed by atoms with E-state index in [9.17, 15) is 4.39 Å². The van der Waals surface area contributed by atoms with Crippen LogP contribution in [0.2, 0.25) is 0 Å². The molecule has 0 aliphatic heterocycles. The number of pyridine rings is 1.